The van der Waals surface area contributed by atoms with Gasteiger partial charge in [0.1, 0.15) is 6.10 Å². The molecule has 0 rings (SSSR count). The SMILES string of the molecule is CCCCCCCCCCCCCCCCCCCCCCCCCCCCCCCC(=O)NC(CO)C(O)C(O)CCCCCCCCCCCCCCCCCCCCCCCCCC. The molecule has 0 aromatic carbocycles. The Kier molecular flexibility index (Phi) is 57.4. The average molecular weight is 949 g/mol. The zero-order valence-electron chi connectivity index (χ0n) is 46.1. The normalized spacial score (nSPS) is 13.1. The second-order valence-electron chi connectivity index (χ2n) is 22.0. The van der Waals surface area contributed by atoms with Gasteiger partial charge in [-0.2, -0.15) is 0 Å². The second kappa shape index (κ2) is 57.9. The fourth-order valence-electron chi connectivity index (χ4n) is 10.4. The van der Waals surface area contributed by atoms with E-state index in [0.717, 1.165) is 32.1 Å². The number of hydrogen-bond donors (Lipinski definition) is 4. The third kappa shape index (κ3) is 53.0. The minimum atomic E-state index is -1.13. The van der Waals surface area contributed by atoms with Crippen molar-refractivity contribution in [3.63, 3.8) is 0 Å². The van der Waals surface area contributed by atoms with E-state index in [0.29, 0.717) is 12.8 Å². The summed E-state index contributed by atoms with van der Waals surface area (Å²) < 4.78 is 0. The van der Waals surface area contributed by atoms with Crippen LogP contribution in [0.1, 0.15) is 367 Å². The standard InChI is InChI=1S/C62H125NO4/c1-3-5-7-9-11-13-15-17-19-21-23-25-27-29-30-31-32-33-35-37-39-41-43-45-47-49-51-53-55-57-61(66)63-59(58-64)62(67)60(65)56-54-52-50-48-46-44-42-40-38-36-34-28-26-24-22-20-18-16-14-12-10-8-6-4-2/h59-60,62,64-65,67H,3-58H2,1-2H3,(H,63,66). The Morgan fingerprint density at radius 2 is 0.507 bits per heavy atom. The number of rotatable bonds is 59. The molecule has 0 aliphatic carbocycles. The quantitative estimate of drug-likeness (QED) is 0.0457. The van der Waals surface area contributed by atoms with Gasteiger partial charge in [-0.3, -0.25) is 4.79 Å². The van der Waals surface area contributed by atoms with E-state index in [9.17, 15) is 20.1 Å². The summed E-state index contributed by atoms with van der Waals surface area (Å²) in [7, 11) is 0. The molecule has 0 bridgehead atoms. The highest BCUT2D eigenvalue weighted by Crippen LogP contribution is 2.19. The maximum absolute atomic E-state index is 12.5. The van der Waals surface area contributed by atoms with Gasteiger partial charge in [-0.05, 0) is 12.8 Å². The van der Waals surface area contributed by atoms with Gasteiger partial charge in [-0.15, -0.1) is 0 Å². The van der Waals surface area contributed by atoms with Crippen LogP contribution in [0.15, 0.2) is 0 Å². The average Bonchev–Trinajstić information content (AvgIpc) is 3.33. The topological polar surface area (TPSA) is 89.8 Å². The molecule has 0 saturated carbocycles. The third-order valence-electron chi connectivity index (χ3n) is 15.2. The highest BCUT2D eigenvalue weighted by atomic mass is 16.3. The van der Waals surface area contributed by atoms with Crippen molar-refractivity contribution in [1.82, 2.24) is 5.32 Å². The lowest BCUT2D eigenvalue weighted by molar-refractivity contribution is -0.124. The van der Waals surface area contributed by atoms with Gasteiger partial charge in [0, 0.05) is 6.42 Å². The van der Waals surface area contributed by atoms with Gasteiger partial charge in [0.2, 0.25) is 5.91 Å². The number of aliphatic hydroxyl groups excluding tert-OH is 3. The molecular weight excluding hydrogens is 823 g/mol. The first-order chi connectivity index (χ1) is 33.1. The zero-order valence-corrected chi connectivity index (χ0v) is 46.1. The number of nitrogens with one attached hydrogen (secondary N) is 1. The van der Waals surface area contributed by atoms with E-state index < -0.39 is 18.2 Å². The minimum absolute atomic E-state index is 0.134. The molecule has 3 unspecified atom stereocenters. The van der Waals surface area contributed by atoms with Crippen LogP contribution in [-0.4, -0.2) is 46.1 Å². The molecular formula is C62H125NO4. The van der Waals surface area contributed by atoms with Crippen LogP contribution in [0.4, 0.5) is 0 Å². The number of carbonyl (C=O) groups excluding carboxylic acids is 1. The molecule has 3 atom stereocenters. The molecule has 5 nitrogen and oxygen atoms in total. The summed E-state index contributed by atoms with van der Waals surface area (Å²) in [5.74, 6) is -0.134. The first-order valence-corrected chi connectivity index (χ1v) is 31.3. The Morgan fingerprint density at radius 3 is 0.716 bits per heavy atom. The molecule has 0 radical (unpaired) electrons. The van der Waals surface area contributed by atoms with Crippen LogP contribution < -0.4 is 5.32 Å². The highest BCUT2D eigenvalue weighted by Gasteiger charge is 2.26. The number of unbranched alkanes of at least 4 members (excludes halogenated alkanes) is 51. The van der Waals surface area contributed by atoms with Crippen molar-refractivity contribution < 1.29 is 20.1 Å². The molecule has 0 aliphatic heterocycles. The Balaban J connectivity index is 3.46. The van der Waals surface area contributed by atoms with Gasteiger partial charge in [0.15, 0.2) is 0 Å². The van der Waals surface area contributed by atoms with Gasteiger partial charge in [-0.25, -0.2) is 0 Å². The molecule has 0 aromatic rings. The fraction of sp³-hybridized carbons (Fsp3) is 0.984. The van der Waals surface area contributed by atoms with Crippen molar-refractivity contribution in [1.29, 1.82) is 0 Å². The van der Waals surface area contributed by atoms with Gasteiger partial charge in [0.25, 0.3) is 0 Å². The van der Waals surface area contributed by atoms with Gasteiger partial charge >= 0.3 is 0 Å². The highest BCUT2D eigenvalue weighted by molar-refractivity contribution is 5.76. The van der Waals surface area contributed by atoms with Crippen molar-refractivity contribution in [3.05, 3.63) is 0 Å². The van der Waals surface area contributed by atoms with Crippen molar-refractivity contribution >= 4 is 5.91 Å². The molecule has 0 aliphatic rings. The lowest BCUT2D eigenvalue weighted by atomic mass is 9.99. The van der Waals surface area contributed by atoms with Crippen LogP contribution in [0.25, 0.3) is 0 Å². The van der Waals surface area contributed by atoms with E-state index in [2.05, 4.69) is 19.2 Å². The summed E-state index contributed by atoms with van der Waals surface area (Å²) >= 11 is 0. The zero-order chi connectivity index (χ0) is 48.6. The number of hydrogen-bond acceptors (Lipinski definition) is 4. The lowest BCUT2D eigenvalue weighted by Gasteiger charge is -2.26. The largest absolute Gasteiger partial charge is 0.394 e. The van der Waals surface area contributed by atoms with Crippen LogP contribution in [0.2, 0.25) is 0 Å². The lowest BCUT2D eigenvalue weighted by Crippen LogP contribution is -2.50. The Bertz CT molecular complexity index is 914. The molecule has 1 amide bonds. The Hall–Kier alpha value is -0.650. The fourth-order valence-corrected chi connectivity index (χ4v) is 10.4. The number of carbonyl (C=O) groups is 1. The summed E-state index contributed by atoms with van der Waals surface area (Å²) in [6, 6.07) is -0.805. The molecule has 0 saturated heterocycles. The monoisotopic (exact) mass is 948 g/mol. The van der Waals surface area contributed by atoms with Crippen molar-refractivity contribution in [3.8, 4) is 0 Å². The van der Waals surface area contributed by atoms with E-state index in [4.69, 9.17) is 0 Å². The third-order valence-corrected chi connectivity index (χ3v) is 15.2. The number of aliphatic hydroxyl groups is 3. The van der Waals surface area contributed by atoms with E-state index in [1.807, 2.05) is 0 Å². The molecule has 0 spiro atoms. The number of amides is 1. The van der Waals surface area contributed by atoms with Gasteiger partial charge < -0.3 is 20.6 Å². The second-order valence-corrected chi connectivity index (χ2v) is 22.0. The molecule has 402 valence electrons. The van der Waals surface area contributed by atoms with E-state index in [1.54, 1.807) is 0 Å². The van der Waals surface area contributed by atoms with Crippen LogP contribution in [0, 0.1) is 0 Å². The van der Waals surface area contributed by atoms with Gasteiger partial charge in [0.05, 0.1) is 18.8 Å². The molecule has 0 fully saturated rings. The van der Waals surface area contributed by atoms with Crippen LogP contribution in [0.3, 0.4) is 0 Å². The van der Waals surface area contributed by atoms with E-state index in [1.165, 1.54) is 308 Å². The Labute approximate surface area is 421 Å². The van der Waals surface area contributed by atoms with E-state index >= 15 is 0 Å². The first kappa shape index (κ1) is 66.3. The minimum Gasteiger partial charge on any atom is -0.394 e. The summed E-state index contributed by atoms with van der Waals surface area (Å²) in [6.45, 7) is 4.24. The van der Waals surface area contributed by atoms with Crippen LogP contribution in [-0.2, 0) is 4.79 Å². The summed E-state index contributed by atoms with van der Waals surface area (Å²) in [4.78, 5) is 12.5. The van der Waals surface area contributed by atoms with Crippen LogP contribution >= 0.6 is 0 Å². The first-order valence-electron chi connectivity index (χ1n) is 31.3. The predicted molar refractivity (Wildman–Crippen MR) is 296 cm³/mol. The predicted octanol–water partition coefficient (Wildman–Crippen LogP) is 19.7. The maximum atomic E-state index is 12.5. The molecule has 4 N–H and O–H groups in total. The summed E-state index contributed by atoms with van der Waals surface area (Å²) in [6.07, 6.45) is 71.4. The Morgan fingerprint density at radius 1 is 0.313 bits per heavy atom. The summed E-state index contributed by atoms with van der Waals surface area (Å²) in [5.41, 5.74) is 0. The van der Waals surface area contributed by atoms with Crippen molar-refractivity contribution in [2.24, 2.45) is 0 Å². The summed E-state index contributed by atoms with van der Waals surface area (Å²) in [5, 5.41) is 33.9. The van der Waals surface area contributed by atoms with Crippen LogP contribution in [0.5, 0.6) is 0 Å². The molecule has 0 aromatic heterocycles. The van der Waals surface area contributed by atoms with Crippen molar-refractivity contribution in [2.45, 2.75) is 385 Å². The molecule has 5 heteroatoms. The van der Waals surface area contributed by atoms with Crippen molar-refractivity contribution in [2.75, 3.05) is 6.61 Å². The smallest absolute Gasteiger partial charge is 0.220 e. The van der Waals surface area contributed by atoms with E-state index in [-0.39, 0.29) is 12.5 Å². The molecule has 67 heavy (non-hydrogen) atoms. The molecule has 0 heterocycles. The van der Waals surface area contributed by atoms with Gasteiger partial charge in [-0.1, -0.05) is 348 Å². The maximum Gasteiger partial charge on any atom is 0.220 e.